The Bertz CT molecular complexity index is 152. The van der Waals surface area contributed by atoms with Crippen molar-refractivity contribution >= 4 is 12.4 Å². The first kappa shape index (κ1) is 14.1. The molecule has 1 fully saturated rings. The van der Waals surface area contributed by atoms with E-state index in [0.29, 0.717) is 0 Å². The molecule has 1 aliphatic rings. The van der Waals surface area contributed by atoms with Gasteiger partial charge in [0.15, 0.2) is 6.29 Å². The quantitative estimate of drug-likeness (QED) is 0.429. The molecule has 0 aliphatic carbocycles. The summed E-state index contributed by atoms with van der Waals surface area (Å²) in [6.45, 7) is 0.0603. The molecule has 0 aromatic rings. The fraction of sp³-hybridized carbons (Fsp3) is 1.00. The average molecular weight is 230 g/mol. The summed E-state index contributed by atoms with van der Waals surface area (Å²) in [7, 11) is 1.34. The van der Waals surface area contributed by atoms with Crippen LogP contribution in [0, 0.1) is 0 Å². The average Bonchev–Trinajstić information content (AvgIpc) is 2.15. The lowest BCUT2D eigenvalue weighted by Gasteiger charge is -2.39. The van der Waals surface area contributed by atoms with Crippen molar-refractivity contribution in [3.63, 3.8) is 0 Å². The number of hydrogen-bond acceptors (Lipinski definition) is 6. The smallest absolute Gasteiger partial charge is 0.186 e. The van der Waals surface area contributed by atoms with Gasteiger partial charge in [-0.25, -0.2) is 0 Å². The number of hydrogen-bond donors (Lipinski definition) is 4. The standard InChI is InChI=1S/C7H15NO5.ClH/c1-12-7-6(11)5(10)4(9)3(2-8)13-7;/h3-7,9-11H,2,8H2,1H3;1H/t3?,4-,5+,6?,7+;/m1./s1. The highest BCUT2D eigenvalue weighted by atomic mass is 35.5. The van der Waals surface area contributed by atoms with Gasteiger partial charge in [0.1, 0.15) is 24.4 Å². The van der Waals surface area contributed by atoms with E-state index in [0.717, 1.165) is 0 Å². The molecule has 14 heavy (non-hydrogen) atoms. The van der Waals surface area contributed by atoms with Gasteiger partial charge in [-0.3, -0.25) is 0 Å². The number of aliphatic hydroxyl groups excluding tert-OH is 3. The highest BCUT2D eigenvalue weighted by Crippen LogP contribution is 2.20. The minimum absolute atomic E-state index is 0. The SMILES string of the molecule is CO[C@H]1OC(CN)[C@@H](O)[C@H](O)C1O.Cl. The van der Waals surface area contributed by atoms with Crippen LogP contribution in [0.4, 0.5) is 0 Å². The molecule has 0 saturated carbocycles. The van der Waals surface area contributed by atoms with Crippen molar-refractivity contribution in [3.05, 3.63) is 0 Å². The van der Waals surface area contributed by atoms with Gasteiger partial charge in [0.05, 0.1) is 0 Å². The van der Waals surface area contributed by atoms with E-state index in [-0.39, 0.29) is 19.0 Å². The van der Waals surface area contributed by atoms with Crippen molar-refractivity contribution in [2.45, 2.75) is 30.7 Å². The van der Waals surface area contributed by atoms with Crippen molar-refractivity contribution in [2.75, 3.05) is 13.7 Å². The molecule has 0 radical (unpaired) electrons. The van der Waals surface area contributed by atoms with Crippen molar-refractivity contribution in [1.29, 1.82) is 0 Å². The fourth-order valence-electron chi connectivity index (χ4n) is 1.31. The molecule has 2 unspecified atom stereocenters. The predicted octanol–water partition coefficient (Wildman–Crippen LogP) is -2.18. The van der Waals surface area contributed by atoms with Crippen LogP contribution in [0.25, 0.3) is 0 Å². The second-order valence-electron chi connectivity index (χ2n) is 2.99. The lowest BCUT2D eigenvalue weighted by molar-refractivity contribution is -0.287. The van der Waals surface area contributed by atoms with Crippen LogP contribution >= 0.6 is 12.4 Å². The summed E-state index contributed by atoms with van der Waals surface area (Å²) in [4.78, 5) is 0. The van der Waals surface area contributed by atoms with E-state index in [4.69, 9.17) is 15.2 Å². The molecule has 0 spiro atoms. The van der Waals surface area contributed by atoms with Crippen LogP contribution in [0.5, 0.6) is 0 Å². The number of aliphatic hydroxyl groups is 3. The summed E-state index contributed by atoms with van der Waals surface area (Å²) in [6, 6.07) is 0. The molecule has 0 aromatic carbocycles. The molecule has 1 aliphatic heterocycles. The van der Waals surface area contributed by atoms with E-state index in [2.05, 4.69) is 0 Å². The van der Waals surface area contributed by atoms with Crippen molar-refractivity contribution in [3.8, 4) is 0 Å². The van der Waals surface area contributed by atoms with Gasteiger partial charge in [-0.1, -0.05) is 0 Å². The lowest BCUT2D eigenvalue weighted by atomic mass is 9.99. The Labute approximate surface area is 88.0 Å². The summed E-state index contributed by atoms with van der Waals surface area (Å²) in [5.74, 6) is 0. The molecule has 1 rings (SSSR count). The third-order valence-electron chi connectivity index (χ3n) is 2.13. The molecule has 0 aromatic heterocycles. The highest BCUT2D eigenvalue weighted by molar-refractivity contribution is 5.85. The minimum Gasteiger partial charge on any atom is -0.388 e. The van der Waals surface area contributed by atoms with Gasteiger partial charge in [0.2, 0.25) is 0 Å². The Balaban J connectivity index is 0.00000169. The first-order valence-electron chi connectivity index (χ1n) is 4.04. The molecule has 5 atom stereocenters. The van der Waals surface area contributed by atoms with Crippen LogP contribution in [0.1, 0.15) is 0 Å². The molecule has 1 saturated heterocycles. The van der Waals surface area contributed by atoms with Crippen LogP contribution in [0.15, 0.2) is 0 Å². The molecule has 0 amide bonds. The van der Waals surface area contributed by atoms with Crippen molar-refractivity contribution < 1.29 is 24.8 Å². The molecule has 86 valence electrons. The van der Waals surface area contributed by atoms with Gasteiger partial charge in [-0.2, -0.15) is 0 Å². The van der Waals surface area contributed by atoms with Crippen LogP contribution in [-0.2, 0) is 9.47 Å². The Morgan fingerprint density at radius 3 is 2.21 bits per heavy atom. The maximum atomic E-state index is 9.35. The first-order chi connectivity index (χ1) is 6.11. The fourth-order valence-corrected chi connectivity index (χ4v) is 1.31. The summed E-state index contributed by atoms with van der Waals surface area (Å²) in [5.41, 5.74) is 5.28. The second-order valence-corrected chi connectivity index (χ2v) is 2.99. The number of nitrogens with two attached hydrogens (primary N) is 1. The maximum Gasteiger partial charge on any atom is 0.186 e. The van der Waals surface area contributed by atoms with E-state index in [1.54, 1.807) is 0 Å². The topological polar surface area (TPSA) is 105 Å². The number of rotatable bonds is 2. The van der Waals surface area contributed by atoms with Gasteiger partial charge in [-0.15, -0.1) is 12.4 Å². The van der Waals surface area contributed by atoms with E-state index >= 15 is 0 Å². The van der Waals surface area contributed by atoms with Crippen LogP contribution in [0.2, 0.25) is 0 Å². The van der Waals surface area contributed by atoms with E-state index < -0.39 is 30.7 Å². The normalized spacial score (nSPS) is 43.1. The zero-order valence-corrected chi connectivity index (χ0v) is 8.55. The minimum atomic E-state index is -1.28. The van der Waals surface area contributed by atoms with Crippen molar-refractivity contribution in [1.82, 2.24) is 0 Å². The third-order valence-corrected chi connectivity index (χ3v) is 2.13. The Morgan fingerprint density at radius 2 is 1.79 bits per heavy atom. The maximum absolute atomic E-state index is 9.35. The Kier molecular flexibility index (Phi) is 5.84. The van der Waals surface area contributed by atoms with Gasteiger partial charge < -0.3 is 30.5 Å². The number of halogens is 1. The molecular weight excluding hydrogens is 214 g/mol. The zero-order valence-electron chi connectivity index (χ0n) is 7.74. The van der Waals surface area contributed by atoms with Gasteiger partial charge >= 0.3 is 0 Å². The van der Waals surface area contributed by atoms with Gasteiger partial charge in [0.25, 0.3) is 0 Å². The van der Waals surface area contributed by atoms with Crippen LogP contribution in [0.3, 0.4) is 0 Å². The molecule has 7 heteroatoms. The van der Waals surface area contributed by atoms with E-state index in [9.17, 15) is 15.3 Å². The first-order valence-corrected chi connectivity index (χ1v) is 4.04. The van der Waals surface area contributed by atoms with Crippen LogP contribution < -0.4 is 5.73 Å². The third kappa shape index (κ3) is 2.54. The Morgan fingerprint density at radius 1 is 1.21 bits per heavy atom. The largest absolute Gasteiger partial charge is 0.388 e. The van der Waals surface area contributed by atoms with E-state index in [1.807, 2.05) is 0 Å². The number of ether oxygens (including phenoxy) is 2. The highest BCUT2D eigenvalue weighted by Gasteiger charge is 2.43. The molecule has 1 heterocycles. The lowest BCUT2D eigenvalue weighted by Crippen LogP contribution is -2.59. The molecule has 6 nitrogen and oxygen atoms in total. The monoisotopic (exact) mass is 229 g/mol. The zero-order chi connectivity index (χ0) is 10.0. The van der Waals surface area contributed by atoms with Gasteiger partial charge in [0, 0.05) is 13.7 Å². The summed E-state index contributed by atoms with van der Waals surface area (Å²) < 4.78 is 9.83. The second kappa shape index (κ2) is 5.82. The summed E-state index contributed by atoms with van der Waals surface area (Å²) in [5, 5.41) is 28.0. The van der Waals surface area contributed by atoms with E-state index in [1.165, 1.54) is 7.11 Å². The molecule has 0 bridgehead atoms. The summed E-state index contributed by atoms with van der Waals surface area (Å²) >= 11 is 0. The number of methoxy groups -OCH3 is 1. The molecule has 5 N–H and O–H groups in total. The summed E-state index contributed by atoms with van der Waals surface area (Å²) in [6.07, 6.45) is -5.35. The predicted molar refractivity (Wildman–Crippen MR) is 50.0 cm³/mol. The van der Waals surface area contributed by atoms with Gasteiger partial charge in [-0.05, 0) is 0 Å². The van der Waals surface area contributed by atoms with Crippen molar-refractivity contribution in [2.24, 2.45) is 5.73 Å². The molecular formula is C7H16ClNO5. The van der Waals surface area contributed by atoms with Crippen LogP contribution in [-0.4, -0.2) is 59.7 Å². The Hall–Kier alpha value is 0.0500.